The number of amides is 3. The molecule has 10 heteroatoms. The van der Waals surface area contributed by atoms with Crippen LogP contribution in [0.5, 0.6) is 0 Å². The summed E-state index contributed by atoms with van der Waals surface area (Å²) in [6, 6.07) is 7.86. The molecule has 46 heavy (non-hydrogen) atoms. The van der Waals surface area contributed by atoms with Crippen LogP contribution in [0.1, 0.15) is 82.7 Å². The largest absolute Gasteiger partial charge is 0.463 e. The standard InChI is InChI=1S/C36H51N3O7/c1-4-7-18-29(41)45-25-27(26-16-12-11-13-17-26)37-33(42)30-28-19-20-36(46-28)31(30)34(43)39(23-14-9-10-15-24-40)32(36)35(44)38(21-6-3)22-8-5-2/h4,6,11-13,16-17,27-28,30-32,40H,1,3,5,7-10,14-15,18-25H2,2H3,(H,37,42)/t27-,28+,30-,31-,32+,36-/m0/s1. The first-order chi connectivity index (χ1) is 22.3. The Balaban J connectivity index is 1.60. The highest BCUT2D eigenvalue weighted by molar-refractivity contribution is 5.99. The van der Waals surface area contributed by atoms with Gasteiger partial charge in [-0.2, -0.15) is 0 Å². The van der Waals surface area contributed by atoms with Crippen LogP contribution in [0.3, 0.4) is 0 Å². The zero-order valence-electron chi connectivity index (χ0n) is 27.2. The molecule has 1 spiro atoms. The number of rotatable bonds is 20. The predicted octanol–water partition coefficient (Wildman–Crippen LogP) is 4.10. The Bertz CT molecular complexity index is 1220. The van der Waals surface area contributed by atoms with Gasteiger partial charge in [0.05, 0.1) is 24.0 Å². The summed E-state index contributed by atoms with van der Waals surface area (Å²) in [5.41, 5.74) is -0.311. The Morgan fingerprint density at radius 3 is 2.61 bits per heavy atom. The Morgan fingerprint density at radius 2 is 1.91 bits per heavy atom. The van der Waals surface area contributed by atoms with Gasteiger partial charge in [-0.3, -0.25) is 19.2 Å². The molecule has 6 atom stereocenters. The first-order valence-corrected chi connectivity index (χ1v) is 16.9. The summed E-state index contributed by atoms with van der Waals surface area (Å²) in [5.74, 6) is -2.67. The Labute approximate surface area is 273 Å². The van der Waals surface area contributed by atoms with E-state index in [4.69, 9.17) is 9.47 Å². The van der Waals surface area contributed by atoms with Crippen LogP contribution in [0.25, 0.3) is 0 Å². The number of benzene rings is 1. The van der Waals surface area contributed by atoms with Gasteiger partial charge in [0, 0.05) is 32.7 Å². The van der Waals surface area contributed by atoms with E-state index in [9.17, 15) is 24.3 Å². The second kappa shape index (κ2) is 16.9. The first-order valence-electron chi connectivity index (χ1n) is 16.9. The van der Waals surface area contributed by atoms with Crippen molar-refractivity contribution in [2.45, 2.75) is 94.9 Å². The number of nitrogens with one attached hydrogen (secondary N) is 1. The molecule has 3 fully saturated rings. The predicted molar refractivity (Wildman–Crippen MR) is 174 cm³/mol. The molecular weight excluding hydrogens is 586 g/mol. The van der Waals surface area contributed by atoms with Crippen molar-refractivity contribution in [3.05, 3.63) is 61.2 Å². The summed E-state index contributed by atoms with van der Waals surface area (Å²) in [4.78, 5) is 58.6. The maximum atomic E-state index is 14.3. The van der Waals surface area contributed by atoms with Crippen LogP contribution < -0.4 is 5.32 Å². The monoisotopic (exact) mass is 637 g/mol. The number of esters is 1. The van der Waals surface area contributed by atoms with Gasteiger partial charge in [-0.1, -0.05) is 68.7 Å². The minimum Gasteiger partial charge on any atom is -0.463 e. The third-order valence-electron chi connectivity index (χ3n) is 9.57. The van der Waals surface area contributed by atoms with Gasteiger partial charge >= 0.3 is 5.97 Å². The number of unbranched alkanes of at least 4 members (excludes halogenated alkanes) is 4. The number of hydrogen-bond donors (Lipinski definition) is 2. The van der Waals surface area contributed by atoms with Gasteiger partial charge in [0.15, 0.2) is 0 Å². The number of ether oxygens (including phenoxy) is 2. The van der Waals surface area contributed by atoms with Gasteiger partial charge in [0.25, 0.3) is 0 Å². The van der Waals surface area contributed by atoms with E-state index >= 15 is 0 Å². The molecule has 3 amide bonds. The van der Waals surface area contributed by atoms with Crippen molar-refractivity contribution in [1.29, 1.82) is 0 Å². The number of aliphatic hydroxyl groups is 1. The van der Waals surface area contributed by atoms with Crippen LogP contribution in [0, 0.1) is 11.8 Å². The lowest BCUT2D eigenvalue weighted by molar-refractivity contribution is -0.148. The average Bonchev–Trinajstić information content (AvgIpc) is 3.71. The zero-order valence-corrected chi connectivity index (χ0v) is 27.2. The number of allylic oxidation sites excluding steroid dienone is 1. The maximum absolute atomic E-state index is 14.3. The fraction of sp³-hybridized carbons (Fsp3) is 0.611. The van der Waals surface area contributed by atoms with Crippen molar-refractivity contribution in [2.24, 2.45) is 11.8 Å². The van der Waals surface area contributed by atoms with Gasteiger partial charge in [-0.05, 0) is 44.1 Å². The van der Waals surface area contributed by atoms with Crippen molar-refractivity contribution in [3.63, 3.8) is 0 Å². The van der Waals surface area contributed by atoms with Crippen LogP contribution in [-0.2, 0) is 28.7 Å². The highest BCUT2D eigenvalue weighted by Gasteiger charge is 2.74. The molecule has 1 aromatic carbocycles. The van der Waals surface area contributed by atoms with Crippen molar-refractivity contribution >= 4 is 23.7 Å². The normalized spacial score (nSPS) is 25.2. The third kappa shape index (κ3) is 7.72. The van der Waals surface area contributed by atoms with Crippen LogP contribution in [0.4, 0.5) is 0 Å². The molecular formula is C36H51N3O7. The topological polar surface area (TPSA) is 125 Å². The maximum Gasteiger partial charge on any atom is 0.306 e. The zero-order chi connectivity index (χ0) is 33.1. The van der Waals surface area contributed by atoms with E-state index in [-0.39, 0.29) is 43.3 Å². The molecule has 3 heterocycles. The van der Waals surface area contributed by atoms with Crippen molar-refractivity contribution < 1.29 is 33.8 Å². The van der Waals surface area contributed by atoms with E-state index in [1.54, 1.807) is 22.0 Å². The number of hydrogen-bond acceptors (Lipinski definition) is 7. The fourth-order valence-electron chi connectivity index (χ4n) is 7.33. The molecule has 0 saturated carbocycles. The van der Waals surface area contributed by atoms with Crippen molar-refractivity contribution in [1.82, 2.24) is 15.1 Å². The molecule has 3 saturated heterocycles. The number of carbonyl (C=O) groups excluding carboxylic acids is 4. The molecule has 3 aliphatic heterocycles. The number of fused-ring (bicyclic) bond motifs is 1. The Morgan fingerprint density at radius 1 is 1.15 bits per heavy atom. The lowest BCUT2D eigenvalue weighted by atomic mass is 9.70. The van der Waals surface area contributed by atoms with E-state index in [1.807, 2.05) is 30.3 Å². The summed E-state index contributed by atoms with van der Waals surface area (Å²) in [5, 5.41) is 12.3. The molecule has 3 aliphatic rings. The van der Waals surface area contributed by atoms with Crippen LogP contribution in [-0.4, -0.2) is 89.2 Å². The summed E-state index contributed by atoms with van der Waals surface area (Å²) >= 11 is 0. The Kier molecular flexibility index (Phi) is 13.0. The molecule has 0 aliphatic carbocycles. The van der Waals surface area contributed by atoms with Gasteiger partial charge < -0.3 is 29.7 Å². The number of nitrogens with zero attached hydrogens (tertiary/aromatic N) is 2. The summed E-state index contributed by atoms with van der Waals surface area (Å²) in [7, 11) is 0. The lowest BCUT2D eigenvalue weighted by Crippen LogP contribution is -2.56. The van der Waals surface area contributed by atoms with E-state index in [0.717, 1.165) is 31.2 Å². The second-order valence-corrected chi connectivity index (χ2v) is 12.6. The van der Waals surface area contributed by atoms with Crippen LogP contribution in [0.15, 0.2) is 55.6 Å². The van der Waals surface area contributed by atoms with E-state index < -0.39 is 35.6 Å². The van der Waals surface area contributed by atoms with E-state index in [0.29, 0.717) is 51.7 Å². The summed E-state index contributed by atoms with van der Waals surface area (Å²) in [6.07, 6.45) is 9.39. The van der Waals surface area contributed by atoms with E-state index in [2.05, 4.69) is 25.4 Å². The molecule has 0 unspecified atom stereocenters. The Hall–Kier alpha value is -3.50. The van der Waals surface area contributed by atoms with Gasteiger partial charge in [-0.15, -0.1) is 13.2 Å². The second-order valence-electron chi connectivity index (χ2n) is 12.6. The molecule has 1 aromatic rings. The minimum absolute atomic E-state index is 0.0528. The van der Waals surface area contributed by atoms with E-state index in [1.165, 1.54) is 0 Å². The number of aliphatic hydroxyl groups excluding tert-OH is 1. The van der Waals surface area contributed by atoms with Gasteiger partial charge in [0.1, 0.15) is 18.2 Å². The highest BCUT2D eigenvalue weighted by atomic mass is 16.5. The van der Waals surface area contributed by atoms with Crippen LogP contribution in [0.2, 0.25) is 0 Å². The SMILES string of the molecule is C=CCCC(=O)OC[C@H](NC(=O)[C@@H]1[C@H]2C(=O)N(CCCCCCO)[C@H](C(=O)N(CC=C)CCCC)[C@]23CC[C@H]1O3)c1ccccc1. The molecule has 0 aromatic heterocycles. The highest BCUT2D eigenvalue weighted by Crippen LogP contribution is 2.58. The minimum atomic E-state index is -1.09. The third-order valence-corrected chi connectivity index (χ3v) is 9.57. The number of likely N-dealkylation sites (tertiary alicyclic amines) is 1. The average molecular weight is 638 g/mol. The fourth-order valence-corrected chi connectivity index (χ4v) is 7.33. The molecule has 2 bridgehead atoms. The summed E-state index contributed by atoms with van der Waals surface area (Å²) in [6.45, 7) is 10.9. The molecule has 4 rings (SSSR count). The number of carbonyl (C=O) groups is 4. The molecule has 2 N–H and O–H groups in total. The molecule has 252 valence electrons. The first kappa shape index (κ1) is 35.4. The van der Waals surface area contributed by atoms with Crippen LogP contribution >= 0.6 is 0 Å². The lowest BCUT2D eigenvalue weighted by Gasteiger charge is -2.37. The smallest absolute Gasteiger partial charge is 0.306 e. The molecule has 10 nitrogen and oxygen atoms in total. The van der Waals surface area contributed by atoms with Crippen molar-refractivity contribution in [3.8, 4) is 0 Å². The van der Waals surface area contributed by atoms with Gasteiger partial charge in [0.2, 0.25) is 17.7 Å². The van der Waals surface area contributed by atoms with Gasteiger partial charge in [-0.25, -0.2) is 0 Å². The molecule has 0 radical (unpaired) electrons. The summed E-state index contributed by atoms with van der Waals surface area (Å²) < 4.78 is 12.2. The quantitative estimate of drug-likeness (QED) is 0.125. The van der Waals surface area contributed by atoms with Crippen molar-refractivity contribution in [2.75, 3.05) is 32.8 Å².